The molecule has 2 N–H and O–H groups in total. The van der Waals surface area contributed by atoms with Gasteiger partial charge < -0.3 is 10.2 Å². The van der Waals surface area contributed by atoms with Gasteiger partial charge in [-0.1, -0.05) is 13.0 Å². The average molecular weight is 268 g/mol. The lowest BCUT2D eigenvalue weighted by atomic mass is 9.97. The average Bonchev–Trinajstić information content (AvgIpc) is 2.60. The molecule has 1 atom stereocenters. The van der Waals surface area contributed by atoms with E-state index in [4.69, 9.17) is 10.2 Å². The van der Waals surface area contributed by atoms with E-state index in [9.17, 15) is 0 Å². The Morgan fingerprint density at radius 2 is 2.27 bits per heavy atom. The maximum Gasteiger partial charge on any atom is 0.135 e. The van der Waals surface area contributed by atoms with Gasteiger partial charge in [0.15, 0.2) is 0 Å². The molecule has 1 unspecified atom stereocenters. The van der Waals surface area contributed by atoms with Gasteiger partial charge in [-0.2, -0.15) is 0 Å². The lowest BCUT2D eigenvalue weighted by Gasteiger charge is -2.09. The summed E-state index contributed by atoms with van der Waals surface area (Å²) in [4.78, 5) is 0. The van der Waals surface area contributed by atoms with Crippen molar-refractivity contribution in [3.63, 3.8) is 0 Å². The first kappa shape index (κ1) is 10.7. The highest BCUT2D eigenvalue weighted by atomic mass is 79.9. The molecular formula is C12H14BrNO. The Labute approximate surface area is 97.6 Å². The first-order chi connectivity index (χ1) is 7.22. The van der Waals surface area contributed by atoms with Crippen molar-refractivity contribution in [3.05, 3.63) is 34.5 Å². The van der Waals surface area contributed by atoms with Crippen LogP contribution in [0.5, 0.6) is 0 Å². The summed E-state index contributed by atoms with van der Waals surface area (Å²) in [7, 11) is 0. The maximum absolute atomic E-state index is 5.56. The van der Waals surface area contributed by atoms with Gasteiger partial charge in [-0.3, -0.25) is 0 Å². The summed E-state index contributed by atoms with van der Waals surface area (Å²) in [5.74, 6) is 0.501. The first-order valence-electron chi connectivity index (χ1n) is 5.09. The van der Waals surface area contributed by atoms with Gasteiger partial charge in [0.1, 0.15) is 11.8 Å². The van der Waals surface area contributed by atoms with Gasteiger partial charge in [-0.05, 0) is 52.5 Å². The van der Waals surface area contributed by atoms with E-state index in [1.165, 1.54) is 5.56 Å². The van der Waals surface area contributed by atoms with Crippen LogP contribution in [0.2, 0.25) is 0 Å². The molecule has 0 spiro atoms. The third-order valence-electron chi connectivity index (χ3n) is 2.72. The minimum Gasteiger partial charge on any atom is -0.463 e. The Balaban J connectivity index is 2.41. The van der Waals surface area contributed by atoms with Crippen LogP contribution in [0.4, 0.5) is 0 Å². The first-order valence-corrected chi connectivity index (χ1v) is 5.88. The van der Waals surface area contributed by atoms with Gasteiger partial charge in [0.2, 0.25) is 0 Å². The monoisotopic (exact) mass is 267 g/mol. The van der Waals surface area contributed by atoms with Crippen LogP contribution < -0.4 is 5.73 Å². The van der Waals surface area contributed by atoms with Crippen LogP contribution in [-0.4, -0.2) is 6.54 Å². The SMILES string of the molecule is CC(CCN)c1ccc2occ(Br)c2c1. The predicted molar refractivity (Wildman–Crippen MR) is 66.0 cm³/mol. The molecule has 0 bridgehead atoms. The van der Waals surface area contributed by atoms with Crippen LogP contribution in [-0.2, 0) is 0 Å². The van der Waals surface area contributed by atoms with Gasteiger partial charge in [-0.25, -0.2) is 0 Å². The topological polar surface area (TPSA) is 39.2 Å². The van der Waals surface area contributed by atoms with Crippen molar-refractivity contribution in [1.82, 2.24) is 0 Å². The molecule has 0 aliphatic heterocycles. The van der Waals surface area contributed by atoms with Crippen LogP contribution in [0.25, 0.3) is 11.0 Å². The molecule has 1 aromatic heterocycles. The van der Waals surface area contributed by atoms with Crippen LogP contribution in [0, 0.1) is 0 Å². The van der Waals surface area contributed by atoms with E-state index >= 15 is 0 Å². The second kappa shape index (κ2) is 4.37. The second-order valence-electron chi connectivity index (χ2n) is 3.82. The fourth-order valence-electron chi connectivity index (χ4n) is 1.74. The van der Waals surface area contributed by atoms with E-state index in [1.54, 1.807) is 6.26 Å². The Hall–Kier alpha value is -0.800. The highest BCUT2D eigenvalue weighted by Crippen LogP contribution is 2.29. The molecule has 15 heavy (non-hydrogen) atoms. The van der Waals surface area contributed by atoms with E-state index in [0.29, 0.717) is 5.92 Å². The quantitative estimate of drug-likeness (QED) is 0.922. The van der Waals surface area contributed by atoms with Crippen LogP contribution >= 0.6 is 15.9 Å². The summed E-state index contributed by atoms with van der Waals surface area (Å²) in [6, 6.07) is 6.30. The minimum atomic E-state index is 0.501. The summed E-state index contributed by atoms with van der Waals surface area (Å²) < 4.78 is 6.39. The summed E-state index contributed by atoms with van der Waals surface area (Å²) in [6.07, 6.45) is 2.74. The van der Waals surface area contributed by atoms with Crippen LogP contribution in [0.1, 0.15) is 24.8 Å². The van der Waals surface area contributed by atoms with E-state index in [0.717, 1.165) is 28.4 Å². The zero-order valence-electron chi connectivity index (χ0n) is 8.66. The van der Waals surface area contributed by atoms with Crippen LogP contribution in [0.3, 0.4) is 0 Å². The van der Waals surface area contributed by atoms with Crippen molar-refractivity contribution >= 4 is 26.9 Å². The number of fused-ring (bicyclic) bond motifs is 1. The Kier molecular flexibility index (Phi) is 3.12. The van der Waals surface area contributed by atoms with Gasteiger partial charge in [-0.15, -0.1) is 0 Å². The van der Waals surface area contributed by atoms with Crippen molar-refractivity contribution in [1.29, 1.82) is 0 Å². The molecule has 0 aliphatic rings. The maximum atomic E-state index is 5.56. The van der Waals surface area contributed by atoms with E-state index in [-0.39, 0.29) is 0 Å². The van der Waals surface area contributed by atoms with Gasteiger partial charge in [0.25, 0.3) is 0 Å². The number of hydrogen-bond donors (Lipinski definition) is 1. The minimum absolute atomic E-state index is 0.501. The van der Waals surface area contributed by atoms with Crippen molar-refractivity contribution in [2.24, 2.45) is 5.73 Å². The second-order valence-corrected chi connectivity index (χ2v) is 4.67. The normalized spacial score (nSPS) is 13.3. The molecule has 1 heterocycles. The van der Waals surface area contributed by atoms with Crippen molar-refractivity contribution < 1.29 is 4.42 Å². The predicted octanol–water partition coefficient (Wildman–Crippen LogP) is 3.65. The number of benzene rings is 1. The van der Waals surface area contributed by atoms with E-state index in [1.807, 2.05) is 6.07 Å². The van der Waals surface area contributed by atoms with E-state index < -0.39 is 0 Å². The van der Waals surface area contributed by atoms with E-state index in [2.05, 4.69) is 35.0 Å². The zero-order valence-corrected chi connectivity index (χ0v) is 10.3. The molecule has 2 nitrogen and oxygen atoms in total. The highest BCUT2D eigenvalue weighted by molar-refractivity contribution is 9.10. The number of nitrogens with two attached hydrogens (primary N) is 1. The molecule has 0 saturated carbocycles. The van der Waals surface area contributed by atoms with Crippen molar-refractivity contribution in [2.45, 2.75) is 19.3 Å². The summed E-state index contributed by atoms with van der Waals surface area (Å²) in [5, 5.41) is 1.14. The van der Waals surface area contributed by atoms with Crippen LogP contribution in [0.15, 0.2) is 33.4 Å². The third kappa shape index (κ3) is 2.08. The molecule has 0 aliphatic carbocycles. The van der Waals surface area contributed by atoms with Gasteiger partial charge in [0, 0.05) is 5.39 Å². The lowest BCUT2D eigenvalue weighted by Crippen LogP contribution is -2.04. The molecule has 2 aromatic rings. The molecule has 0 amide bonds. The summed E-state index contributed by atoms with van der Waals surface area (Å²) >= 11 is 3.47. The molecule has 3 heteroatoms. The zero-order chi connectivity index (χ0) is 10.8. The molecule has 0 radical (unpaired) electrons. The summed E-state index contributed by atoms with van der Waals surface area (Å²) in [5.41, 5.74) is 7.80. The van der Waals surface area contributed by atoms with Gasteiger partial charge >= 0.3 is 0 Å². The fraction of sp³-hybridized carbons (Fsp3) is 0.333. The molecule has 0 fully saturated rings. The summed E-state index contributed by atoms with van der Waals surface area (Å²) in [6.45, 7) is 2.92. The third-order valence-corrected chi connectivity index (χ3v) is 3.33. The molecule has 80 valence electrons. The lowest BCUT2D eigenvalue weighted by molar-refractivity contribution is 0.613. The fourth-order valence-corrected chi connectivity index (χ4v) is 2.14. The largest absolute Gasteiger partial charge is 0.463 e. The molecular weight excluding hydrogens is 254 g/mol. The number of hydrogen-bond acceptors (Lipinski definition) is 2. The van der Waals surface area contributed by atoms with Gasteiger partial charge in [0.05, 0.1) is 4.47 Å². The highest BCUT2D eigenvalue weighted by Gasteiger charge is 2.08. The molecule has 1 aromatic carbocycles. The Bertz CT molecular complexity index is 464. The van der Waals surface area contributed by atoms with Crippen molar-refractivity contribution in [3.8, 4) is 0 Å². The molecule has 0 saturated heterocycles. The Morgan fingerprint density at radius 1 is 1.47 bits per heavy atom. The number of rotatable bonds is 3. The smallest absolute Gasteiger partial charge is 0.135 e. The molecule has 2 rings (SSSR count). The number of furan rings is 1. The Morgan fingerprint density at radius 3 is 3.00 bits per heavy atom. The standard InChI is InChI=1S/C12H14BrNO/c1-8(4-5-14)9-2-3-12-10(6-9)11(13)7-15-12/h2-3,6-8H,4-5,14H2,1H3. The number of halogens is 1. The van der Waals surface area contributed by atoms with Crippen molar-refractivity contribution in [2.75, 3.05) is 6.54 Å².